The smallest absolute Gasteiger partial charge is 0.0619 e. The summed E-state index contributed by atoms with van der Waals surface area (Å²) < 4.78 is 5.59. The van der Waals surface area contributed by atoms with Crippen LogP contribution in [0.25, 0.3) is 0 Å². The molecular formula is C18H21NO. The molecule has 1 unspecified atom stereocenters. The molecule has 1 saturated heterocycles. The Morgan fingerprint density at radius 1 is 0.900 bits per heavy atom. The number of nitrogens with one attached hydrogen (secondary N) is 1. The van der Waals surface area contributed by atoms with E-state index in [4.69, 9.17) is 4.74 Å². The highest BCUT2D eigenvalue weighted by molar-refractivity contribution is 5.31. The normalized spacial score (nSPS) is 19.1. The first kappa shape index (κ1) is 13.3. The van der Waals surface area contributed by atoms with Gasteiger partial charge < -0.3 is 10.1 Å². The molecule has 0 radical (unpaired) electrons. The van der Waals surface area contributed by atoms with Gasteiger partial charge in [-0.2, -0.15) is 0 Å². The Labute approximate surface area is 120 Å². The topological polar surface area (TPSA) is 21.3 Å². The summed E-state index contributed by atoms with van der Waals surface area (Å²) in [7, 11) is 0. The van der Waals surface area contributed by atoms with Crippen LogP contribution in [0.1, 0.15) is 30.0 Å². The number of benzene rings is 2. The summed E-state index contributed by atoms with van der Waals surface area (Å²) in [6, 6.07) is 22.0. The lowest BCUT2D eigenvalue weighted by molar-refractivity contribution is 0.0679. The molecule has 1 N–H and O–H groups in total. The maximum atomic E-state index is 5.59. The Morgan fingerprint density at radius 2 is 1.50 bits per heavy atom. The van der Waals surface area contributed by atoms with Crippen molar-refractivity contribution in [2.75, 3.05) is 13.2 Å². The van der Waals surface area contributed by atoms with Gasteiger partial charge in [-0.05, 0) is 24.0 Å². The quantitative estimate of drug-likeness (QED) is 0.914. The second-order valence-corrected chi connectivity index (χ2v) is 5.34. The van der Waals surface area contributed by atoms with Crippen LogP contribution >= 0.6 is 0 Å². The maximum Gasteiger partial charge on any atom is 0.0619 e. The first-order valence-corrected chi connectivity index (χ1v) is 7.37. The molecule has 1 fully saturated rings. The standard InChI is InChI=1S/C18H21NO/c1-3-8-15(9-4-1)18(16-10-5-2-6-11-16)19-17-12-7-13-20-14-17/h1-6,8-11,17-19H,7,12-14H2. The fourth-order valence-electron chi connectivity index (χ4n) is 2.78. The van der Waals surface area contributed by atoms with Gasteiger partial charge in [-0.1, -0.05) is 60.7 Å². The maximum absolute atomic E-state index is 5.59. The molecule has 104 valence electrons. The number of hydrogen-bond donors (Lipinski definition) is 1. The molecule has 1 aliphatic heterocycles. The highest BCUT2D eigenvalue weighted by atomic mass is 16.5. The fraction of sp³-hybridized carbons (Fsp3) is 0.333. The highest BCUT2D eigenvalue weighted by Crippen LogP contribution is 2.23. The molecule has 2 nitrogen and oxygen atoms in total. The predicted octanol–water partition coefficient (Wildman–Crippen LogP) is 3.54. The SMILES string of the molecule is c1ccc(C(NC2CCCOC2)c2ccccc2)cc1. The lowest BCUT2D eigenvalue weighted by Gasteiger charge is -2.29. The first-order valence-electron chi connectivity index (χ1n) is 7.37. The van der Waals surface area contributed by atoms with E-state index in [-0.39, 0.29) is 6.04 Å². The van der Waals surface area contributed by atoms with E-state index >= 15 is 0 Å². The second kappa shape index (κ2) is 6.69. The van der Waals surface area contributed by atoms with Gasteiger partial charge in [0.2, 0.25) is 0 Å². The van der Waals surface area contributed by atoms with Crippen LogP contribution in [0.5, 0.6) is 0 Å². The third kappa shape index (κ3) is 3.27. The fourth-order valence-corrected chi connectivity index (χ4v) is 2.78. The van der Waals surface area contributed by atoms with E-state index in [0.29, 0.717) is 6.04 Å². The van der Waals surface area contributed by atoms with E-state index in [0.717, 1.165) is 19.6 Å². The van der Waals surface area contributed by atoms with Gasteiger partial charge in [0, 0.05) is 12.6 Å². The van der Waals surface area contributed by atoms with Crippen molar-refractivity contribution in [1.82, 2.24) is 5.32 Å². The first-order chi connectivity index (χ1) is 9.93. The molecular weight excluding hydrogens is 246 g/mol. The van der Waals surface area contributed by atoms with Gasteiger partial charge in [0.25, 0.3) is 0 Å². The molecule has 0 spiro atoms. The van der Waals surface area contributed by atoms with E-state index < -0.39 is 0 Å². The Hall–Kier alpha value is -1.64. The van der Waals surface area contributed by atoms with Crippen LogP contribution in [-0.4, -0.2) is 19.3 Å². The number of rotatable bonds is 4. The molecule has 1 atom stereocenters. The van der Waals surface area contributed by atoms with E-state index in [9.17, 15) is 0 Å². The van der Waals surface area contributed by atoms with Gasteiger partial charge in [-0.3, -0.25) is 0 Å². The summed E-state index contributed by atoms with van der Waals surface area (Å²) in [5.74, 6) is 0. The van der Waals surface area contributed by atoms with Crippen molar-refractivity contribution in [2.45, 2.75) is 24.9 Å². The average Bonchev–Trinajstić information content (AvgIpc) is 2.55. The van der Waals surface area contributed by atoms with Crippen LogP contribution in [0.15, 0.2) is 60.7 Å². The summed E-state index contributed by atoms with van der Waals surface area (Å²) in [5.41, 5.74) is 2.62. The van der Waals surface area contributed by atoms with Gasteiger partial charge in [0.05, 0.1) is 12.6 Å². The molecule has 3 rings (SSSR count). The van der Waals surface area contributed by atoms with E-state index in [1.165, 1.54) is 17.5 Å². The van der Waals surface area contributed by atoms with E-state index in [1.807, 2.05) is 0 Å². The van der Waals surface area contributed by atoms with Crippen molar-refractivity contribution in [1.29, 1.82) is 0 Å². The minimum absolute atomic E-state index is 0.240. The second-order valence-electron chi connectivity index (χ2n) is 5.34. The van der Waals surface area contributed by atoms with Crippen LogP contribution in [0, 0.1) is 0 Å². The molecule has 2 aromatic rings. The Bertz CT molecular complexity index is 466. The van der Waals surface area contributed by atoms with Crippen molar-refractivity contribution >= 4 is 0 Å². The van der Waals surface area contributed by atoms with Gasteiger partial charge in [0.15, 0.2) is 0 Å². The van der Waals surface area contributed by atoms with Crippen LogP contribution < -0.4 is 5.32 Å². The summed E-state index contributed by atoms with van der Waals surface area (Å²) in [4.78, 5) is 0. The average molecular weight is 267 g/mol. The Morgan fingerprint density at radius 3 is 2.00 bits per heavy atom. The monoisotopic (exact) mass is 267 g/mol. The van der Waals surface area contributed by atoms with Crippen LogP contribution in [0.4, 0.5) is 0 Å². The molecule has 2 heteroatoms. The minimum atomic E-state index is 0.240. The largest absolute Gasteiger partial charge is 0.380 e. The van der Waals surface area contributed by atoms with Crippen LogP contribution in [-0.2, 0) is 4.74 Å². The summed E-state index contributed by atoms with van der Waals surface area (Å²) >= 11 is 0. The highest BCUT2D eigenvalue weighted by Gasteiger charge is 2.20. The van der Waals surface area contributed by atoms with Crippen molar-refractivity contribution < 1.29 is 4.74 Å². The Kier molecular flexibility index (Phi) is 4.46. The molecule has 20 heavy (non-hydrogen) atoms. The van der Waals surface area contributed by atoms with E-state index in [1.54, 1.807) is 0 Å². The minimum Gasteiger partial charge on any atom is -0.380 e. The molecule has 2 aromatic carbocycles. The zero-order valence-corrected chi connectivity index (χ0v) is 11.7. The van der Waals surface area contributed by atoms with Crippen molar-refractivity contribution in [3.63, 3.8) is 0 Å². The van der Waals surface area contributed by atoms with Gasteiger partial charge in [0.1, 0.15) is 0 Å². The van der Waals surface area contributed by atoms with Crippen molar-refractivity contribution in [2.24, 2.45) is 0 Å². The van der Waals surface area contributed by atoms with Gasteiger partial charge >= 0.3 is 0 Å². The lowest BCUT2D eigenvalue weighted by Crippen LogP contribution is -2.39. The summed E-state index contributed by atoms with van der Waals surface area (Å²) in [6.45, 7) is 1.72. The molecule has 0 aromatic heterocycles. The lowest BCUT2D eigenvalue weighted by atomic mass is 9.97. The number of hydrogen-bond acceptors (Lipinski definition) is 2. The third-order valence-corrected chi connectivity index (χ3v) is 3.83. The summed E-state index contributed by atoms with van der Waals surface area (Å²) in [6.07, 6.45) is 2.34. The van der Waals surface area contributed by atoms with Gasteiger partial charge in [-0.15, -0.1) is 0 Å². The van der Waals surface area contributed by atoms with Gasteiger partial charge in [-0.25, -0.2) is 0 Å². The zero-order chi connectivity index (χ0) is 13.6. The third-order valence-electron chi connectivity index (χ3n) is 3.83. The molecule has 0 bridgehead atoms. The Balaban J connectivity index is 1.83. The van der Waals surface area contributed by atoms with Crippen LogP contribution in [0.2, 0.25) is 0 Å². The van der Waals surface area contributed by atoms with E-state index in [2.05, 4.69) is 66.0 Å². The van der Waals surface area contributed by atoms with Crippen molar-refractivity contribution in [3.05, 3.63) is 71.8 Å². The molecule has 0 saturated carbocycles. The zero-order valence-electron chi connectivity index (χ0n) is 11.7. The molecule has 0 aliphatic carbocycles. The predicted molar refractivity (Wildman–Crippen MR) is 81.7 cm³/mol. The molecule has 1 aliphatic rings. The summed E-state index contributed by atoms with van der Waals surface area (Å²) in [5, 5.41) is 3.76. The molecule has 1 heterocycles. The van der Waals surface area contributed by atoms with Crippen LogP contribution in [0.3, 0.4) is 0 Å². The number of ether oxygens (including phenoxy) is 1. The molecule has 0 amide bonds. The van der Waals surface area contributed by atoms with Crippen molar-refractivity contribution in [3.8, 4) is 0 Å².